The molecule has 0 spiro atoms. The van der Waals surface area contributed by atoms with Crippen LogP contribution in [0.25, 0.3) is 0 Å². The van der Waals surface area contributed by atoms with E-state index in [1.807, 2.05) is 72.8 Å². The molecule has 0 aliphatic rings. The number of hydrogen-bond donors (Lipinski definition) is 6. The lowest BCUT2D eigenvalue weighted by Crippen LogP contribution is -2.39. The second kappa shape index (κ2) is 15.7. The molecule has 4 rings (SSSR count). The van der Waals surface area contributed by atoms with Crippen LogP contribution in [0, 0.1) is 0 Å². The number of benzene rings is 4. The number of carbonyl (C=O) groups is 2. The topological polar surface area (TPSA) is 167 Å². The van der Waals surface area contributed by atoms with Crippen LogP contribution in [0.4, 0.5) is 0 Å². The molecule has 0 aliphatic heterocycles. The Balaban J connectivity index is 0.000000204. The Hall–Kier alpha value is -4.34. The molecule has 198 valence electrons. The van der Waals surface area contributed by atoms with E-state index in [0.717, 1.165) is 22.3 Å². The van der Waals surface area contributed by atoms with Gasteiger partial charge in [-0.25, -0.2) is 9.59 Å². The molecule has 8 heteroatoms. The summed E-state index contributed by atoms with van der Waals surface area (Å²) in [5.41, 5.74) is 16.8. The second-order valence-corrected chi connectivity index (χ2v) is 8.16. The number of nitrogens with two attached hydrogens (primary N) is 2. The SMILES string of the molecule is NC(c1ccccc1)c1ccccc1.NC(c1ccccc1)c1ccccc1.O=C(O)C(O)C(O)C(=O)O. The molecule has 0 fully saturated rings. The highest BCUT2D eigenvalue weighted by molar-refractivity contribution is 5.83. The van der Waals surface area contributed by atoms with Crippen LogP contribution in [0.3, 0.4) is 0 Å². The van der Waals surface area contributed by atoms with Crippen molar-refractivity contribution in [2.45, 2.75) is 24.3 Å². The number of carboxylic acid groups (broad SMARTS) is 2. The average molecular weight is 517 g/mol. The van der Waals surface area contributed by atoms with Crippen molar-refractivity contribution in [2.24, 2.45) is 11.5 Å². The van der Waals surface area contributed by atoms with E-state index in [9.17, 15) is 9.59 Å². The molecule has 2 atom stereocenters. The smallest absolute Gasteiger partial charge is 0.335 e. The molecule has 2 unspecified atom stereocenters. The van der Waals surface area contributed by atoms with Gasteiger partial charge in [0.05, 0.1) is 12.1 Å². The van der Waals surface area contributed by atoms with Gasteiger partial charge in [-0.1, -0.05) is 121 Å². The number of hydrogen-bond acceptors (Lipinski definition) is 6. The Morgan fingerprint density at radius 1 is 0.447 bits per heavy atom. The van der Waals surface area contributed by atoms with E-state index in [1.165, 1.54) is 0 Å². The molecular weight excluding hydrogens is 484 g/mol. The zero-order valence-electron chi connectivity index (χ0n) is 20.6. The van der Waals surface area contributed by atoms with Gasteiger partial charge in [0, 0.05) is 0 Å². The van der Waals surface area contributed by atoms with E-state index in [0.29, 0.717) is 0 Å². The maximum absolute atomic E-state index is 9.77. The number of aliphatic hydroxyl groups excluding tert-OH is 2. The molecule has 0 aliphatic carbocycles. The number of aliphatic hydroxyl groups is 2. The van der Waals surface area contributed by atoms with Crippen molar-refractivity contribution in [1.82, 2.24) is 0 Å². The van der Waals surface area contributed by atoms with Crippen molar-refractivity contribution >= 4 is 11.9 Å². The van der Waals surface area contributed by atoms with Crippen molar-refractivity contribution in [3.05, 3.63) is 144 Å². The molecule has 0 radical (unpaired) electrons. The number of carboxylic acids is 2. The average Bonchev–Trinajstić information content (AvgIpc) is 2.98. The zero-order valence-corrected chi connectivity index (χ0v) is 20.6. The first kappa shape index (κ1) is 29.9. The fourth-order valence-electron chi connectivity index (χ4n) is 3.30. The van der Waals surface area contributed by atoms with Gasteiger partial charge >= 0.3 is 11.9 Å². The largest absolute Gasteiger partial charge is 0.479 e. The second-order valence-electron chi connectivity index (χ2n) is 8.16. The van der Waals surface area contributed by atoms with E-state index >= 15 is 0 Å². The van der Waals surface area contributed by atoms with E-state index in [1.54, 1.807) is 0 Å². The highest BCUT2D eigenvalue weighted by Crippen LogP contribution is 2.19. The van der Waals surface area contributed by atoms with Gasteiger partial charge in [-0.05, 0) is 22.3 Å². The minimum absolute atomic E-state index is 0.0163. The standard InChI is InChI=1S/2C13H13N.C4H6O6/c2*14-13(11-7-3-1-4-8-11)12-9-5-2-6-10-12;5-1(3(7)8)2(6)4(9)10/h2*1-10,13H,14H2;1-2,5-6H,(H,7,8)(H,9,10). The van der Waals surface area contributed by atoms with Gasteiger partial charge in [0.15, 0.2) is 12.2 Å². The third-order valence-electron chi connectivity index (χ3n) is 5.44. The molecular formula is C30H32N2O6. The fraction of sp³-hybridized carbons (Fsp3) is 0.133. The first-order chi connectivity index (χ1) is 18.2. The van der Waals surface area contributed by atoms with Gasteiger partial charge in [-0.15, -0.1) is 0 Å². The maximum Gasteiger partial charge on any atom is 0.335 e. The van der Waals surface area contributed by atoms with Crippen LogP contribution in [0.15, 0.2) is 121 Å². The lowest BCUT2D eigenvalue weighted by molar-refractivity contribution is -0.165. The maximum atomic E-state index is 9.77. The van der Waals surface area contributed by atoms with Crippen LogP contribution in [-0.2, 0) is 9.59 Å². The molecule has 8 N–H and O–H groups in total. The summed E-state index contributed by atoms with van der Waals surface area (Å²) in [6, 6.07) is 40.5. The third-order valence-corrected chi connectivity index (χ3v) is 5.44. The van der Waals surface area contributed by atoms with Crippen LogP contribution in [-0.4, -0.2) is 44.6 Å². The summed E-state index contributed by atoms with van der Waals surface area (Å²) < 4.78 is 0. The molecule has 0 heterocycles. The summed E-state index contributed by atoms with van der Waals surface area (Å²) in [5.74, 6) is -3.54. The van der Waals surface area contributed by atoms with Crippen LogP contribution in [0.2, 0.25) is 0 Å². The fourth-order valence-corrected chi connectivity index (χ4v) is 3.30. The Morgan fingerprint density at radius 2 is 0.632 bits per heavy atom. The summed E-state index contributed by atoms with van der Waals surface area (Å²) in [7, 11) is 0. The van der Waals surface area contributed by atoms with Crippen molar-refractivity contribution in [2.75, 3.05) is 0 Å². The number of rotatable bonds is 7. The molecule has 0 aromatic heterocycles. The Morgan fingerprint density at radius 3 is 0.789 bits per heavy atom. The summed E-state index contributed by atoms with van der Waals surface area (Å²) >= 11 is 0. The Kier molecular flexibility index (Phi) is 12.4. The van der Waals surface area contributed by atoms with Gasteiger partial charge in [0.25, 0.3) is 0 Å². The first-order valence-corrected chi connectivity index (χ1v) is 11.7. The Labute approximate surface area is 221 Å². The predicted molar refractivity (Wildman–Crippen MR) is 145 cm³/mol. The van der Waals surface area contributed by atoms with Gasteiger partial charge in [0.1, 0.15) is 0 Å². The first-order valence-electron chi connectivity index (χ1n) is 11.7. The lowest BCUT2D eigenvalue weighted by Gasteiger charge is -2.11. The molecule has 4 aromatic rings. The molecule has 0 saturated carbocycles. The minimum atomic E-state index is -2.27. The van der Waals surface area contributed by atoms with Gasteiger partial charge < -0.3 is 31.9 Å². The summed E-state index contributed by atoms with van der Waals surface area (Å²) in [6.45, 7) is 0. The zero-order chi connectivity index (χ0) is 27.9. The van der Waals surface area contributed by atoms with Crippen LogP contribution in [0.1, 0.15) is 34.3 Å². The van der Waals surface area contributed by atoms with Crippen LogP contribution < -0.4 is 11.5 Å². The van der Waals surface area contributed by atoms with Crippen molar-refractivity contribution < 1.29 is 30.0 Å². The van der Waals surface area contributed by atoms with Crippen LogP contribution >= 0.6 is 0 Å². The monoisotopic (exact) mass is 516 g/mol. The van der Waals surface area contributed by atoms with Crippen molar-refractivity contribution in [3.8, 4) is 0 Å². The van der Waals surface area contributed by atoms with Crippen molar-refractivity contribution in [3.63, 3.8) is 0 Å². The molecule has 4 aromatic carbocycles. The minimum Gasteiger partial charge on any atom is -0.479 e. The van der Waals surface area contributed by atoms with E-state index < -0.39 is 24.1 Å². The van der Waals surface area contributed by atoms with E-state index in [4.69, 9.17) is 31.9 Å². The summed E-state index contributed by atoms with van der Waals surface area (Å²) in [5, 5.41) is 32.5. The highest BCUT2D eigenvalue weighted by Gasteiger charge is 2.29. The lowest BCUT2D eigenvalue weighted by atomic mass is 10.00. The van der Waals surface area contributed by atoms with Gasteiger partial charge in [0.2, 0.25) is 0 Å². The van der Waals surface area contributed by atoms with E-state index in [2.05, 4.69) is 48.5 Å². The van der Waals surface area contributed by atoms with Crippen LogP contribution in [0.5, 0.6) is 0 Å². The molecule has 38 heavy (non-hydrogen) atoms. The van der Waals surface area contributed by atoms with E-state index in [-0.39, 0.29) is 12.1 Å². The summed E-state index contributed by atoms with van der Waals surface area (Å²) in [4.78, 5) is 19.5. The molecule has 8 nitrogen and oxygen atoms in total. The predicted octanol–water partition coefficient (Wildman–Crippen LogP) is 3.35. The van der Waals surface area contributed by atoms with Gasteiger partial charge in [-0.3, -0.25) is 0 Å². The summed E-state index contributed by atoms with van der Waals surface area (Å²) in [6.07, 6.45) is -4.53. The Bertz CT molecular complexity index is 1050. The van der Waals surface area contributed by atoms with Gasteiger partial charge in [-0.2, -0.15) is 0 Å². The van der Waals surface area contributed by atoms with Crippen molar-refractivity contribution in [1.29, 1.82) is 0 Å². The molecule has 0 amide bonds. The normalized spacial score (nSPS) is 11.8. The molecule has 0 bridgehead atoms. The molecule has 0 saturated heterocycles. The quantitative estimate of drug-likeness (QED) is 0.217. The highest BCUT2D eigenvalue weighted by atomic mass is 16.4. The number of aliphatic carboxylic acids is 2. The third kappa shape index (κ3) is 9.61.